The number of hydrogen-bond acceptors (Lipinski definition) is 5. The zero-order chi connectivity index (χ0) is 26.6. The molecule has 2 aromatic carbocycles. The predicted octanol–water partition coefficient (Wildman–Crippen LogP) is 7.75. The van der Waals surface area contributed by atoms with E-state index in [0.717, 1.165) is 47.6 Å². The Labute approximate surface area is 220 Å². The second-order valence-electron chi connectivity index (χ2n) is 10.0. The molecule has 0 aliphatic heterocycles. The number of imidazole rings is 1. The van der Waals surface area contributed by atoms with E-state index in [0.29, 0.717) is 11.3 Å². The zero-order valence-electron chi connectivity index (χ0n) is 22.8. The third-order valence-electron chi connectivity index (χ3n) is 6.67. The molecule has 6 nitrogen and oxygen atoms in total. The summed E-state index contributed by atoms with van der Waals surface area (Å²) < 4.78 is 15.5. The van der Waals surface area contributed by atoms with Gasteiger partial charge in [-0.3, -0.25) is 4.57 Å². The Kier molecular flexibility index (Phi) is 8.29. The van der Waals surface area contributed by atoms with E-state index in [1.165, 1.54) is 16.7 Å². The fourth-order valence-corrected chi connectivity index (χ4v) is 7.56. The second kappa shape index (κ2) is 11.4. The number of nitrogens with one attached hydrogen (secondary N) is 1. The van der Waals surface area contributed by atoms with Crippen LogP contribution in [-0.4, -0.2) is 31.8 Å². The predicted molar refractivity (Wildman–Crippen MR) is 158 cm³/mol. The number of benzene rings is 2. The number of fused-ring (bicyclic) bond motifs is 1. The first kappa shape index (κ1) is 26.8. The topological polar surface area (TPSA) is 72.7 Å². The van der Waals surface area contributed by atoms with E-state index in [9.17, 15) is 4.57 Å². The molecule has 0 saturated carbocycles. The SMILES string of the molecule is CCCP(=O)(CCC)c1ccc(Nc2nc(C(C)C)nc3c2ncn3/C=C/c2c(C)cccc2C)cc1. The third-order valence-corrected chi connectivity index (χ3v) is 10.2. The van der Waals surface area contributed by atoms with Crippen LogP contribution in [0.4, 0.5) is 11.5 Å². The highest BCUT2D eigenvalue weighted by Gasteiger charge is 2.22. The fourth-order valence-electron chi connectivity index (χ4n) is 4.68. The van der Waals surface area contributed by atoms with Crippen LogP contribution in [-0.2, 0) is 4.57 Å². The number of aryl methyl sites for hydroxylation is 2. The summed E-state index contributed by atoms with van der Waals surface area (Å²) in [5, 5.41) is 4.41. The summed E-state index contributed by atoms with van der Waals surface area (Å²) in [7, 11) is -2.35. The molecule has 4 rings (SSSR count). The summed E-state index contributed by atoms with van der Waals surface area (Å²) >= 11 is 0. The van der Waals surface area contributed by atoms with E-state index in [2.05, 4.69) is 76.1 Å². The Morgan fingerprint density at radius 3 is 2.22 bits per heavy atom. The van der Waals surface area contributed by atoms with E-state index in [-0.39, 0.29) is 5.92 Å². The van der Waals surface area contributed by atoms with Crippen LogP contribution >= 0.6 is 7.14 Å². The smallest absolute Gasteiger partial charge is 0.169 e. The van der Waals surface area contributed by atoms with Crippen molar-refractivity contribution in [1.29, 1.82) is 0 Å². The Bertz CT molecular complexity index is 1420. The summed E-state index contributed by atoms with van der Waals surface area (Å²) in [6.45, 7) is 12.6. The van der Waals surface area contributed by atoms with Gasteiger partial charge in [-0.25, -0.2) is 15.0 Å². The van der Waals surface area contributed by atoms with Gasteiger partial charge < -0.3 is 9.88 Å². The molecule has 0 atom stereocenters. The average molecular weight is 516 g/mol. The van der Waals surface area contributed by atoms with Gasteiger partial charge in [0.15, 0.2) is 17.0 Å². The molecule has 2 heterocycles. The number of rotatable bonds is 10. The first-order chi connectivity index (χ1) is 17.8. The molecule has 194 valence electrons. The molecular weight excluding hydrogens is 477 g/mol. The molecule has 4 aromatic rings. The normalized spacial score (nSPS) is 12.2. The van der Waals surface area contributed by atoms with Gasteiger partial charge in [0.05, 0.1) is 0 Å². The zero-order valence-corrected chi connectivity index (χ0v) is 23.7. The highest BCUT2D eigenvalue weighted by atomic mass is 31.2. The van der Waals surface area contributed by atoms with Crippen molar-refractivity contribution in [3.8, 4) is 0 Å². The monoisotopic (exact) mass is 515 g/mol. The standard InChI is InChI=1S/C30H38N5OP/c1-7-18-37(36,19-8-2)25-14-12-24(13-15-25)32-29-27-30(34-28(33-29)21(3)4)35(20-31-27)17-16-26-22(5)10-9-11-23(26)6/h9-17,20-21H,7-8,18-19H2,1-6H3,(H,32,33,34)/b17-16+. The molecule has 0 aliphatic rings. The maximum Gasteiger partial charge on any atom is 0.169 e. The van der Waals surface area contributed by atoms with Crippen LogP contribution < -0.4 is 10.6 Å². The van der Waals surface area contributed by atoms with Gasteiger partial charge in [-0.05, 0) is 73.7 Å². The molecule has 1 N–H and O–H groups in total. The van der Waals surface area contributed by atoms with Crippen LogP contribution in [0.25, 0.3) is 23.4 Å². The van der Waals surface area contributed by atoms with Gasteiger partial charge in [-0.2, -0.15) is 0 Å². The maximum atomic E-state index is 13.5. The first-order valence-corrected chi connectivity index (χ1v) is 15.3. The quantitative estimate of drug-likeness (QED) is 0.219. The number of aromatic nitrogens is 4. The van der Waals surface area contributed by atoms with E-state index in [1.807, 2.05) is 35.0 Å². The van der Waals surface area contributed by atoms with Crippen molar-refractivity contribution in [3.05, 3.63) is 71.3 Å². The van der Waals surface area contributed by atoms with Crippen LogP contribution in [0.5, 0.6) is 0 Å². The van der Waals surface area contributed by atoms with Gasteiger partial charge in [0, 0.05) is 35.4 Å². The Balaban J connectivity index is 1.69. The van der Waals surface area contributed by atoms with Crippen molar-refractivity contribution < 1.29 is 4.57 Å². The number of nitrogens with zero attached hydrogens (tertiary/aromatic N) is 4. The van der Waals surface area contributed by atoms with Crippen LogP contribution in [0.2, 0.25) is 0 Å². The maximum absolute atomic E-state index is 13.5. The summed E-state index contributed by atoms with van der Waals surface area (Å²) in [5.74, 6) is 1.59. The van der Waals surface area contributed by atoms with Gasteiger partial charge in [-0.15, -0.1) is 0 Å². The van der Waals surface area contributed by atoms with Gasteiger partial charge in [0.1, 0.15) is 19.3 Å². The minimum absolute atomic E-state index is 0.159. The lowest BCUT2D eigenvalue weighted by molar-refractivity contribution is 0.579. The summed E-state index contributed by atoms with van der Waals surface area (Å²) in [5.41, 5.74) is 6.01. The lowest BCUT2D eigenvalue weighted by Crippen LogP contribution is -2.11. The van der Waals surface area contributed by atoms with Crippen LogP contribution in [0, 0.1) is 13.8 Å². The summed E-state index contributed by atoms with van der Waals surface area (Å²) in [6, 6.07) is 14.3. The molecule has 0 spiro atoms. The summed E-state index contributed by atoms with van der Waals surface area (Å²) in [4.78, 5) is 14.3. The van der Waals surface area contributed by atoms with Crippen molar-refractivity contribution in [2.45, 2.75) is 60.3 Å². The largest absolute Gasteiger partial charge is 0.338 e. The van der Waals surface area contributed by atoms with E-state index >= 15 is 0 Å². The molecule has 0 fully saturated rings. The highest BCUT2D eigenvalue weighted by molar-refractivity contribution is 7.71. The fraction of sp³-hybridized carbons (Fsp3) is 0.367. The van der Waals surface area contributed by atoms with Gasteiger partial charge >= 0.3 is 0 Å². The first-order valence-electron chi connectivity index (χ1n) is 13.2. The van der Waals surface area contributed by atoms with Crippen LogP contribution in [0.15, 0.2) is 48.8 Å². The summed E-state index contributed by atoms with van der Waals surface area (Å²) in [6.07, 6.45) is 9.27. The van der Waals surface area contributed by atoms with Crippen molar-refractivity contribution in [3.63, 3.8) is 0 Å². The Hall–Kier alpha value is -3.24. The van der Waals surface area contributed by atoms with Crippen molar-refractivity contribution >= 4 is 47.4 Å². The van der Waals surface area contributed by atoms with Crippen molar-refractivity contribution in [1.82, 2.24) is 19.5 Å². The third kappa shape index (κ3) is 5.86. The van der Waals surface area contributed by atoms with Gasteiger partial charge in [-0.1, -0.05) is 45.9 Å². The van der Waals surface area contributed by atoms with E-state index in [1.54, 1.807) is 6.33 Å². The Morgan fingerprint density at radius 2 is 1.62 bits per heavy atom. The van der Waals surface area contributed by atoms with Crippen LogP contribution in [0.3, 0.4) is 0 Å². The molecule has 2 aromatic heterocycles. The number of hydrogen-bond donors (Lipinski definition) is 1. The lowest BCUT2D eigenvalue weighted by Gasteiger charge is -2.18. The average Bonchev–Trinajstić information content (AvgIpc) is 3.28. The van der Waals surface area contributed by atoms with Crippen molar-refractivity contribution in [2.75, 3.05) is 17.6 Å². The van der Waals surface area contributed by atoms with Crippen LogP contribution in [0.1, 0.15) is 69.0 Å². The van der Waals surface area contributed by atoms with Crippen molar-refractivity contribution in [2.24, 2.45) is 0 Å². The minimum atomic E-state index is -2.35. The Morgan fingerprint density at radius 1 is 0.973 bits per heavy atom. The van der Waals surface area contributed by atoms with Gasteiger partial charge in [0.2, 0.25) is 0 Å². The molecular formula is C30H38N5OP. The molecule has 0 aliphatic carbocycles. The van der Waals surface area contributed by atoms with Gasteiger partial charge in [0.25, 0.3) is 0 Å². The molecule has 0 amide bonds. The molecule has 7 heteroatoms. The second-order valence-corrected chi connectivity index (χ2v) is 13.2. The van der Waals surface area contributed by atoms with E-state index < -0.39 is 7.14 Å². The molecule has 0 saturated heterocycles. The lowest BCUT2D eigenvalue weighted by atomic mass is 10.0. The highest BCUT2D eigenvalue weighted by Crippen LogP contribution is 2.45. The minimum Gasteiger partial charge on any atom is -0.338 e. The molecule has 37 heavy (non-hydrogen) atoms. The molecule has 0 unspecified atom stereocenters. The van der Waals surface area contributed by atoms with E-state index in [4.69, 9.17) is 9.97 Å². The molecule has 0 radical (unpaired) electrons. The molecule has 0 bridgehead atoms. The number of anilines is 2.